The zero-order chi connectivity index (χ0) is 17.4. The second kappa shape index (κ2) is 10.7. The van der Waals surface area contributed by atoms with Crippen molar-refractivity contribution in [3.8, 4) is 0 Å². The van der Waals surface area contributed by atoms with E-state index in [1.807, 2.05) is 18.3 Å². The molecule has 0 saturated heterocycles. The average Bonchev–Trinajstić information content (AvgIpc) is 2.58. The highest BCUT2D eigenvalue weighted by Gasteiger charge is 2.07. The molecule has 0 fully saturated rings. The summed E-state index contributed by atoms with van der Waals surface area (Å²) in [6.07, 6.45) is 8.08. The number of aliphatic carboxylic acids is 1. The van der Waals surface area contributed by atoms with Crippen molar-refractivity contribution in [3.05, 3.63) is 65.5 Å². The van der Waals surface area contributed by atoms with E-state index in [0.29, 0.717) is 12.3 Å². The Morgan fingerprint density at radius 3 is 2.44 bits per heavy atom. The molecular weight excluding hydrogens is 334 g/mol. The van der Waals surface area contributed by atoms with Crippen molar-refractivity contribution < 1.29 is 26.9 Å². The number of rotatable bonds is 8. The maximum atomic E-state index is 10.6. The Kier molecular flexibility index (Phi) is 8.93. The Labute approximate surface area is 156 Å². The van der Waals surface area contributed by atoms with Gasteiger partial charge in [0, 0.05) is 31.1 Å². The number of halogens is 1. The minimum atomic E-state index is -0.724. The van der Waals surface area contributed by atoms with E-state index in [-0.39, 0.29) is 18.8 Å². The van der Waals surface area contributed by atoms with E-state index in [4.69, 9.17) is 5.11 Å². The van der Waals surface area contributed by atoms with Gasteiger partial charge >= 0.3 is 5.97 Å². The van der Waals surface area contributed by atoms with Crippen LogP contribution in [0, 0.1) is 0 Å². The number of benzene rings is 1. The number of carboxylic acids is 1. The van der Waals surface area contributed by atoms with Crippen molar-refractivity contribution in [2.75, 3.05) is 0 Å². The number of carboxylic acid groups (broad SMARTS) is 1. The van der Waals surface area contributed by atoms with Gasteiger partial charge in [-0.2, -0.15) is 4.57 Å². The van der Waals surface area contributed by atoms with E-state index in [9.17, 15) is 4.79 Å². The Morgan fingerprint density at radius 2 is 1.80 bits per heavy atom. The molecule has 2 aromatic rings. The molecule has 1 aromatic carbocycles. The van der Waals surface area contributed by atoms with Crippen LogP contribution in [0.4, 0.5) is 0 Å². The van der Waals surface area contributed by atoms with E-state index in [2.05, 4.69) is 60.9 Å². The zero-order valence-corrected chi connectivity index (χ0v) is 15.6. The molecule has 0 bridgehead atoms. The van der Waals surface area contributed by atoms with Crippen LogP contribution in [0.2, 0.25) is 0 Å². The summed E-state index contributed by atoms with van der Waals surface area (Å²) in [6, 6.07) is 14.7. The highest BCUT2D eigenvalue weighted by molar-refractivity contribution is 5.67. The van der Waals surface area contributed by atoms with Gasteiger partial charge in [0.05, 0.1) is 0 Å². The molecule has 1 aromatic heterocycles. The SMILES string of the molecule is CC(C)c1ccc(/C=C/c2cccc[n+]2CCCCC(=O)O)cc1.[Cl-]. The van der Waals surface area contributed by atoms with Crippen molar-refractivity contribution >= 4 is 18.1 Å². The maximum Gasteiger partial charge on any atom is 0.303 e. The lowest BCUT2D eigenvalue weighted by molar-refractivity contribution is -0.699. The number of aryl methyl sites for hydroxylation is 1. The van der Waals surface area contributed by atoms with Crippen molar-refractivity contribution in [1.82, 2.24) is 0 Å². The summed E-state index contributed by atoms with van der Waals surface area (Å²) in [5.74, 6) is -0.178. The van der Waals surface area contributed by atoms with E-state index in [0.717, 1.165) is 18.7 Å². The highest BCUT2D eigenvalue weighted by atomic mass is 35.5. The molecule has 0 unspecified atom stereocenters. The summed E-state index contributed by atoms with van der Waals surface area (Å²) in [6.45, 7) is 5.23. The van der Waals surface area contributed by atoms with Gasteiger partial charge in [0.25, 0.3) is 0 Å². The zero-order valence-electron chi connectivity index (χ0n) is 14.9. The third kappa shape index (κ3) is 7.10. The lowest BCUT2D eigenvalue weighted by Gasteiger charge is -2.04. The van der Waals surface area contributed by atoms with Crippen molar-refractivity contribution in [2.45, 2.75) is 45.6 Å². The number of carbonyl (C=O) groups is 1. The van der Waals surface area contributed by atoms with E-state index >= 15 is 0 Å². The van der Waals surface area contributed by atoms with Crippen molar-refractivity contribution in [2.24, 2.45) is 0 Å². The molecule has 0 aliphatic heterocycles. The monoisotopic (exact) mass is 359 g/mol. The number of aromatic nitrogens is 1. The van der Waals surface area contributed by atoms with Crippen LogP contribution in [0.3, 0.4) is 0 Å². The quantitative estimate of drug-likeness (QED) is 0.573. The lowest BCUT2D eigenvalue weighted by Crippen LogP contribution is -3.00. The molecule has 3 nitrogen and oxygen atoms in total. The largest absolute Gasteiger partial charge is 1.00 e. The van der Waals surface area contributed by atoms with Gasteiger partial charge < -0.3 is 17.5 Å². The molecule has 1 heterocycles. The number of nitrogens with zero attached hydrogens (tertiary/aromatic N) is 1. The Balaban J connectivity index is 0.00000312. The van der Waals surface area contributed by atoms with Crippen LogP contribution in [0.5, 0.6) is 0 Å². The standard InChI is InChI=1S/C21H25NO2.ClH/c1-17(2)19-12-9-18(10-13-19)11-14-20-7-3-5-15-22(20)16-6-4-8-21(23)24;/h3,5,7,9-15,17H,4,6,8,16H2,1-2H3;1H/b14-11+;. The van der Waals surface area contributed by atoms with Crippen LogP contribution in [0.15, 0.2) is 48.7 Å². The van der Waals surface area contributed by atoms with Gasteiger partial charge in [-0.05, 0) is 35.6 Å². The first-order valence-electron chi connectivity index (χ1n) is 8.54. The van der Waals surface area contributed by atoms with E-state index in [1.54, 1.807) is 0 Å². The predicted octanol–water partition coefficient (Wildman–Crippen LogP) is 1.53. The molecule has 0 saturated carbocycles. The van der Waals surface area contributed by atoms with Crippen LogP contribution < -0.4 is 17.0 Å². The number of unbranched alkanes of at least 4 members (excludes halogenated alkanes) is 1. The topological polar surface area (TPSA) is 41.2 Å². The predicted molar refractivity (Wildman–Crippen MR) is 97.6 cm³/mol. The van der Waals surface area contributed by atoms with Crippen LogP contribution >= 0.6 is 0 Å². The molecule has 134 valence electrons. The molecule has 0 spiro atoms. The Bertz CT molecular complexity index is 693. The molecule has 2 rings (SSSR count). The first-order valence-corrected chi connectivity index (χ1v) is 8.54. The van der Waals surface area contributed by atoms with Crippen LogP contribution in [0.25, 0.3) is 12.2 Å². The molecule has 0 amide bonds. The van der Waals surface area contributed by atoms with Gasteiger partial charge in [-0.15, -0.1) is 0 Å². The normalized spacial score (nSPS) is 10.8. The van der Waals surface area contributed by atoms with Gasteiger partial charge in [-0.1, -0.05) is 38.1 Å². The summed E-state index contributed by atoms with van der Waals surface area (Å²) in [7, 11) is 0. The van der Waals surface area contributed by atoms with Gasteiger partial charge in [0.15, 0.2) is 6.20 Å². The number of hydrogen-bond donors (Lipinski definition) is 1. The number of hydrogen-bond acceptors (Lipinski definition) is 1. The van der Waals surface area contributed by atoms with Crippen molar-refractivity contribution in [1.29, 1.82) is 0 Å². The van der Waals surface area contributed by atoms with E-state index < -0.39 is 5.97 Å². The van der Waals surface area contributed by atoms with Gasteiger partial charge in [0.1, 0.15) is 6.54 Å². The summed E-state index contributed by atoms with van der Waals surface area (Å²) in [4.78, 5) is 10.6. The fourth-order valence-electron chi connectivity index (χ4n) is 2.58. The molecule has 4 heteroatoms. The molecule has 25 heavy (non-hydrogen) atoms. The fourth-order valence-corrected chi connectivity index (χ4v) is 2.58. The minimum Gasteiger partial charge on any atom is -1.00 e. The Hall–Kier alpha value is -2.13. The van der Waals surface area contributed by atoms with Gasteiger partial charge in [-0.25, -0.2) is 0 Å². The first-order chi connectivity index (χ1) is 11.6. The maximum absolute atomic E-state index is 10.6. The lowest BCUT2D eigenvalue weighted by atomic mass is 10.0. The highest BCUT2D eigenvalue weighted by Crippen LogP contribution is 2.15. The first kappa shape index (κ1) is 20.9. The summed E-state index contributed by atoms with van der Waals surface area (Å²) < 4.78 is 2.17. The third-order valence-corrected chi connectivity index (χ3v) is 4.07. The molecular formula is C21H26ClNO2. The van der Waals surface area contributed by atoms with E-state index in [1.165, 1.54) is 11.1 Å². The minimum absolute atomic E-state index is 0. The fraction of sp³-hybridized carbons (Fsp3) is 0.333. The Morgan fingerprint density at radius 1 is 1.08 bits per heavy atom. The molecule has 0 atom stereocenters. The second-order valence-corrected chi connectivity index (χ2v) is 6.32. The molecule has 0 radical (unpaired) electrons. The molecule has 0 aliphatic carbocycles. The second-order valence-electron chi connectivity index (χ2n) is 6.32. The third-order valence-electron chi connectivity index (χ3n) is 4.07. The molecule has 0 aliphatic rings. The van der Waals surface area contributed by atoms with Crippen LogP contribution in [0.1, 0.15) is 55.8 Å². The van der Waals surface area contributed by atoms with Crippen molar-refractivity contribution in [3.63, 3.8) is 0 Å². The van der Waals surface area contributed by atoms with Gasteiger partial charge in [0.2, 0.25) is 5.69 Å². The summed E-state index contributed by atoms with van der Waals surface area (Å²) >= 11 is 0. The van der Waals surface area contributed by atoms with Crippen LogP contribution in [-0.2, 0) is 11.3 Å². The number of pyridine rings is 1. The molecule has 1 N–H and O–H groups in total. The smallest absolute Gasteiger partial charge is 0.303 e. The average molecular weight is 360 g/mol. The summed E-state index contributed by atoms with van der Waals surface area (Å²) in [5, 5.41) is 8.71. The van der Waals surface area contributed by atoms with Crippen LogP contribution in [-0.4, -0.2) is 11.1 Å². The summed E-state index contributed by atoms with van der Waals surface area (Å²) in [5.41, 5.74) is 3.65. The van der Waals surface area contributed by atoms with Gasteiger partial charge in [-0.3, -0.25) is 4.79 Å².